The lowest BCUT2D eigenvalue weighted by molar-refractivity contribution is 1.04. The van der Waals surface area contributed by atoms with E-state index < -0.39 is 0 Å². The molecule has 98 valence electrons. The van der Waals surface area contributed by atoms with Crippen molar-refractivity contribution in [1.82, 2.24) is 9.38 Å². The molecule has 0 saturated carbocycles. The molecular formula is C15H9Cl2N3. The van der Waals surface area contributed by atoms with Gasteiger partial charge in [0.15, 0.2) is 0 Å². The van der Waals surface area contributed by atoms with Gasteiger partial charge in [0.25, 0.3) is 0 Å². The Balaban J connectivity index is 2.27. The molecule has 0 aliphatic rings. The summed E-state index contributed by atoms with van der Waals surface area (Å²) in [5.74, 6) is 0. The number of hydrogen-bond acceptors (Lipinski definition) is 2. The molecule has 2 heterocycles. The smallest absolute Gasteiger partial charge is 0.0958 e. The van der Waals surface area contributed by atoms with Gasteiger partial charge in [-0.1, -0.05) is 35.3 Å². The third-order valence-corrected chi connectivity index (χ3v) is 3.63. The fraction of sp³-hybridized carbons (Fsp3) is 0.0667. The zero-order valence-corrected chi connectivity index (χ0v) is 11.9. The Labute approximate surface area is 126 Å². The first-order valence-corrected chi connectivity index (χ1v) is 6.73. The van der Waals surface area contributed by atoms with E-state index in [4.69, 9.17) is 28.5 Å². The van der Waals surface area contributed by atoms with E-state index in [0.717, 1.165) is 22.5 Å². The van der Waals surface area contributed by atoms with Gasteiger partial charge < -0.3 is 4.40 Å². The second-order valence-corrected chi connectivity index (χ2v) is 5.16. The van der Waals surface area contributed by atoms with Crippen molar-refractivity contribution >= 4 is 28.7 Å². The van der Waals surface area contributed by atoms with Crippen LogP contribution in [0, 0.1) is 11.3 Å². The first-order chi connectivity index (χ1) is 9.70. The number of nitriles is 1. The minimum atomic E-state index is 0.304. The molecule has 0 aliphatic carbocycles. The minimum absolute atomic E-state index is 0.304. The summed E-state index contributed by atoms with van der Waals surface area (Å²) in [5, 5.41) is 10.1. The summed E-state index contributed by atoms with van der Waals surface area (Å²) >= 11 is 12.2. The van der Waals surface area contributed by atoms with Crippen molar-refractivity contribution in [2.24, 2.45) is 0 Å². The summed E-state index contributed by atoms with van der Waals surface area (Å²) in [4.78, 5) is 4.41. The molecule has 0 radical (unpaired) electrons. The summed E-state index contributed by atoms with van der Waals surface area (Å²) in [6.45, 7) is 0. The van der Waals surface area contributed by atoms with Crippen molar-refractivity contribution in [3.8, 4) is 17.3 Å². The summed E-state index contributed by atoms with van der Waals surface area (Å²) in [5.41, 5.74) is 3.37. The molecule has 0 amide bonds. The molecular weight excluding hydrogens is 293 g/mol. The SMILES string of the molecule is N#CCc1cc(Cl)c2c(-c3ccc(Cl)cc3)nccn12. The zero-order valence-electron chi connectivity index (χ0n) is 10.3. The van der Waals surface area contributed by atoms with Gasteiger partial charge in [0, 0.05) is 28.7 Å². The molecule has 0 unspecified atom stereocenters. The van der Waals surface area contributed by atoms with Crippen LogP contribution in [0.1, 0.15) is 5.69 Å². The highest BCUT2D eigenvalue weighted by atomic mass is 35.5. The minimum Gasteiger partial charge on any atom is -0.315 e. The van der Waals surface area contributed by atoms with Crippen LogP contribution in [0.25, 0.3) is 16.8 Å². The predicted octanol–water partition coefficient (Wildman–Crippen LogP) is 4.37. The van der Waals surface area contributed by atoms with Crippen LogP contribution < -0.4 is 0 Å². The monoisotopic (exact) mass is 301 g/mol. The molecule has 0 aliphatic heterocycles. The lowest BCUT2D eigenvalue weighted by Crippen LogP contribution is -1.94. The second-order valence-electron chi connectivity index (χ2n) is 4.32. The summed E-state index contributed by atoms with van der Waals surface area (Å²) in [6, 6.07) is 11.4. The van der Waals surface area contributed by atoms with Crippen molar-refractivity contribution in [2.45, 2.75) is 6.42 Å². The topological polar surface area (TPSA) is 41.1 Å². The molecule has 3 nitrogen and oxygen atoms in total. The molecule has 5 heteroatoms. The van der Waals surface area contributed by atoms with E-state index in [9.17, 15) is 0 Å². The molecule has 1 aromatic carbocycles. The Kier molecular flexibility index (Phi) is 3.35. The highest BCUT2D eigenvalue weighted by Crippen LogP contribution is 2.31. The van der Waals surface area contributed by atoms with Crippen LogP contribution in [0.15, 0.2) is 42.7 Å². The number of rotatable bonds is 2. The second kappa shape index (κ2) is 5.16. The third kappa shape index (κ3) is 2.14. The number of benzene rings is 1. The Hall–Kier alpha value is -2.02. The maximum absolute atomic E-state index is 8.87. The van der Waals surface area contributed by atoms with Gasteiger partial charge in [0.05, 0.1) is 28.7 Å². The quantitative estimate of drug-likeness (QED) is 0.705. The van der Waals surface area contributed by atoms with E-state index in [2.05, 4.69) is 11.1 Å². The largest absolute Gasteiger partial charge is 0.315 e. The fourth-order valence-corrected chi connectivity index (χ4v) is 2.64. The number of halogens is 2. The Morgan fingerprint density at radius 1 is 1.20 bits per heavy atom. The summed E-state index contributed by atoms with van der Waals surface area (Å²) in [6.07, 6.45) is 3.82. The molecule has 0 spiro atoms. The van der Waals surface area contributed by atoms with E-state index in [1.165, 1.54) is 0 Å². The molecule has 2 aromatic heterocycles. The van der Waals surface area contributed by atoms with Crippen molar-refractivity contribution < 1.29 is 0 Å². The number of hydrogen-bond donors (Lipinski definition) is 0. The van der Waals surface area contributed by atoms with Crippen LogP contribution in [0.2, 0.25) is 10.0 Å². The van der Waals surface area contributed by atoms with Crippen LogP contribution in [0.3, 0.4) is 0 Å². The highest BCUT2D eigenvalue weighted by molar-refractivity contribution is 6.35. The Morgan fingerprint density at radius 3 is 2.65 bits per heavy atom. The molecule has 0 N–H and O–H groups in total. The standard InChI is InChI=1S/C15H9Cl2N3/c16-11-3-1-10(2-4-11)14-15-13(17)9-12(5-6-18)20(15)8-7-19-14/h1-4,7-9H,5H2. The number of fused-ring (bicyclic) bond motifs is 1. The zero-order chi connectivity index (χ0) is 14.1. The molecule has 0 bridgehead atoms. The van der Waals surface area contributed by atoms with Gasteiger partial charge in [0.1, 0.15) is 0 Å². The van der Waals surface area contributed by atoms with Crippen LogP contribution in [-0.4, -0.2) is 9.38 Å². The Bertz CT molecular complexity index is 813. The van der Waals surface area contributed by atoms with Gasteiger partial charge >= 0.3 is 0 Å². The van der Waals surface area contributed by atoms with Gasteiger partial charge in [-0.25, -0.2) is 0 Å². The van der Waals surface area contributed by atoms with E-state index in [1.807, 2.05) is 34.9 Å². The first-order valence-electron chi connectivity index (χ1n) is 5.98. The molecule has 0 saturated heterocycles. The predicted molar refractivity (Wildman–Crippen MR) is 80.0 cm³/mol. The number of aromatic nitrogens is 2. The van der Waals surface area contributed by atoms with Crippen molar-refractivity contribution in [1.29, 1.82) is 5.26 Å². The number of nitrogens with zero attached hydrogens (tertiary/aromatic N) is 3. The maximum atomic E-state index is 8.87. The molecule has 20 heavy (non-hydrogen) atoms. The van der Waals surface area contributed by atoms with Crippen LogP contribution in [-0.2, 0) is 6.42 Å². The average Bonchev–Trinajstić information content (AvgIpc) is 2.77. The highest BCUT2D eigenvalue weighted by Gasteiger charge is 2.13. The summed E-state index contributed by atoms with van der Waals surface area (Å²) < 4.78 is 1.91. The summed E-state index contributed by atoms with van der Waals surface area (Å²) in [7, 11) is 0. The van der Waals surface area contributed by atoms with Crippen molar-refractivity contribution in [2.75, 3.05) is 0 Å². The first kappa shape index (κ1) is 13.0. The Morgan fingerprint density at radius 2 is 1.95 bits per heavy atom. The van der Waals surface area contributed by atoms with Gasteiger partial charge in [-0.05, 0) is 18.2 Å². The van der Waals surface area contributed by atoms with Gasteiger partial charge in [0.2, 0.25) is 0 Å². The molecule has 3 rings (SSSR count). The van der Waals surface area contributed by atoms with Crippen molar-refractivity contribution in [3.63, 3.8) is 0 Å². The van der Waals surface area contributed by atoms with Gasteiger partial charge in [-0.2, -0.15) is 5.26 Å². The van der Waals surface area contributed by atoms with E-state index in [0.29, 0.717) is 16.5 Å². The van der Waals surface area contributed by atoms with Crippen LogP contribution >= 0.6 is 23.2 Å². The molecule has 3 aromatic rings. The normalized spacial score (nSPS) is 10.7. The van der Waals surface area contributed by atoms with E-state index in [1.54, 1.807) is 12.3 Å². The maximum Gasteiger partial charge on any atom is 0.0958 e. The molecule has 0 fully saturated rings. The fourth-order valence-electron chi connectivity index (χ4n) is 2.21. The van der Waals surface area contributed by atoms with E-state index >= 15 is 0 Å². The van der Waals surface area contributed by atoms with Gasteiger partial charge in [-0.3, -0.25) is 4.98 Å². The van der Waals surface area contributed by atoms with Crippen LogP contribution in [0.4, 0.5) is 0 Å². The van der Waals surface area contributed by atoms with Crippen LogP contribution in [0.5, 0.6) is 0 Å². The van der Waals surface area contributed by atoms with Gasteiger partial charge in [-0.15, -0.1) is 0 Å². The molecule has 0 atom stereocenters. The third-order valence-electron chi connectivity index (χ3n) is 3.09. The van der Waals surface area contributed by atoms with E-state index in [-0.39, 0.29) is 0 Å². The lowest BCUT2D eigenvalue weighted by atomic mass is 10.1. The average molecular weight is 302 g/mol. The lowest BCUT2D eigenvalue weighted by Gasteiger charge is -2.06. The van der Waals surface area contributed by atoms with Crippen molar-refractivity contribution in [3.05, 3.63) is 58.5 Å².